The first-order valence-corrected chi connectivity index (χ1v) is 5.98. The average molecular weight is 235 g/mol. The van der Waals surface area contributed by atoms with E-state index in [1.54, 1.807) is 30.3 Å². The third-order valence-corrected chi connectivity index (χ3v) is 2.66. The van der Waals surface area contributed by atoms with Crippen molar-refractivity contribution < 1.29 is 4.79 Å². The highest BCUT2D eigenvalue weighted by Gasteiger charge is 2.11. The van der Waals surface area contributed by atoms with E-state index in [2.05, 4.69) is 18.8 Å². The van der Waals surface area contributed by atoms with Crippen LogP contribution in [0.3, 0.4) is 0 Å². The van der Waals surface area contributed by atoms with Crippen LogP contribution in [0, 0.1) is 5.92 Å². The second kappa shape index (κ2) is 6.23. The molecule has 0 unspecified atom stereocenters. The topological polar surface area (TPSA) is 59.2 Å². The summed E-state index contributed by atoms with van der Waals surface area (Å²) >= 11 is 0. The Hall–Kier alpha value is -1.58. The number of hydrogen-bond donors (Lipinski definition) is 1. The Morgan fingerprint density at radius 1 is 1.47 bits per heavy atom. The van der Waals surface area contributed by atoms with Gasteiger partial charge in [0.2, 0.25) is 5.91 Å². The minimum atomic E-state index is 0.0999. The van der Waals surface area contributed by atoms with Crippen molar-refractivity contribution in [1.82, 2.24) is 4.98 Å². The lowest BCUT2D eigenvalue weighted by Gasteiger charge is -2.16. The van der Waals surface area contributed by atoms with Gasteiger partial charge in [-0.2, -0.15) is 0 Å². The molecule has 0 atom stereocenters. The lowest BCUT2D eigenvalue weighted by molar-refractivity contribution is -0.118. The summed E-state index contributed by atoms with van der Waals surface area (Å²) in [6.07, 6.45) is 4.14. The van der Waals surface area contributed by atoms with Crippen LogP contribution in [0.1, 0.15) is 33.1 Å². The van der Waals surface area contributed by atoms with E-state index >= 15 is 0 Å². The van der Waals surface area contributed by atoms with Crippen molar-refractivity contribution in [1.29, 1.82) is 0 Å². The fraction of sp³-hybridized carbons (Fsp3) is 0.538. The van der Waals surface area contributed by atoms with Gasteiger partial charge in [-0.15, -0.1) is 0 Å². The molecular formula is C13H21N3O. The number of hydrogen-bond acceptors (Lipinski definition) is 3. The van der Waals surface area contributed by atoms with E-state index in [0.29, 0.717) is 23.8 Å². The van der Waals surface area contributed by atoms with Gasteiger partial charge in [-0.05, 0) is 24.5 Å². The average Bonchev–Trinajstić information content (AvgIpc) is 2.28. The van der Waals surface area contributed by atoms with E-state index in [9.17, 15) is 4.79 Å². The first-order valence-electron chi connectivity index (χ1n) is 5.98. The van der Waals surface area contributed by atoms with Gasteiger partial charge < -0.3 is 5.73 Å². The SMILES string of the molecule is CC(C)CCCC(=O)N(C)c1ccc(N)cn1. The molecule has 0 fully saturated rings. The molecule has 0 aromatic carbocycles. The molecule has 0 aliphatic heterocycles. The quantitative estimate of drug-likeness (QED) is 0.852. The van der Waals surface area contributed by atoms with Gasteiger partial charge in [0, 0.05) is 13.5 Å². The smallest absolute Gasteiger partial charge is 0.227 e. The van der Waals surface area contributed by atoms with Gasteiger partial charge in [0.25, 0.3) is 0 Å². The summed E-state index contributed by atoms with van der Waals surface area (Å²) in [5.74, 6) is 1.39. The molecule has 17 heavy (non-hydrogen) atoms. The van der Waals surface area contributed by atoms with Gasteiger partial charge in [0.1, 0.15) is 5.82 Å². The summed E-state index contributed by atoms with van der Waals surface area (Å²) in [6, 6.07) is 3.51. The van der Waals surface area contributed by atoms with Crippen molar-refractivity contribution >= 4 is 17.4 Å². The van der Waals surface area contributed by atoms with Gasteiger partial charge in [-0.25, -0.2) is 4.98 Å². The predicted octanol–water partition coefficient (Wildman–Crippen LogP) is 2.45. The van der Waals surface area contributed by atoms with Crippen LogP contribution >= 0.6 is 0 Å². The summed E-state index contributed by atoms with van der Waals surface area (Å²) in [5.41, 5.74) is 6.16. The molecule has 4 nitrogen and oxygen atoms in total. The second-order valence-electron chi connectivity index (χ2n) is 4.69. The van der Waals surface area contributed by atoms with Gasteiger partial charge in [0.05, 0.1) is 11.9 Å². The van der Waals surface area contributed by atoms with E-state index < -0.39 is 0 Å². The molecule has 0 spiro atoms. The van der Waals surface area contributed by atoms with Gasteiger partial charge >= 0.3 is 0 Å². The van der Waals surface area contributed by atoms with E-state index in [0.717, 1.165) is 12.8 Å². The highest BCUT2D eigenvalue weighted by Crippen LogP contribution is 2.13. The molecule has 1 aromatic heterocycles. The lowest BCUT2D eigenvalue weighted by Crippen LogP contribution is -2.26. The molecule has 0 aliphatic carbocycles. The molecule has 4 heteroatoms. The summed E-state index contributed by atoms with van der Waals surface area (Å²) in [7, 11) is 1.75. The van der Waals surface area contributed by atoms with Crippen molar-refractivity contribution in [3.8, 4) is 0 Å². The predicted molar refractivity (Wildman–Crippen MR) is 70.7 cm³/mol. The summed E-state index contributed by atoms with van der Waals surface area (Å²) in [6.45, 7) is 4.32. The Labute approximate surface area is 103 Å². The van der Waals surface area contributed by atoms with Gasteiger partial charge in [0.15, 0.2) is 0 Å². The monoisotopic (exact) mass is 235 g/mol. The standard InChI is InChI=1S/C13H21N3O/c1-10(2)5-4-6-13(17)16(3)12-8-7-11(14)9-15-12/h7-10H,4-6,14H2,1-3H3. The molecule has 0 saturated carbocycles. The maximum absolute atomic E-state index is 11.9. The first kappa shape index (κ1) is 13.5. The Bertz CT molecular complexity index is 359. The molecule has 0 radical (unpaired) electrons. The number of nitrogens with two attached hydrogens (primary N) is 1. The van der Waals surface area contributed by atoms with Crippen LogP contribution in [0.2, 0.25) is 0 Å². The first-order chi connectivity index (χ1) is 8.00. The molecule has 1 heterocycles. The fourth-order valence-corrected chi connectivity index (χ4v) is 1.55. The van der Waals surface area contributed by atoms with Crippen LogP contribution in [-0.4, -0.2) is 17.9 Å². The molecule has 1 rings (SSSR count). The Balaban J connectivity index is 2.49. The third kappa shape index (κ3) is 4.43. The number of nitrogens with zero attached hydrogens (tertiary/aromatic N) is 2. The molecular weight excluding hydrogens is 214 g/mol. The van der Waals surface area contributed by atoms with Crippen molar-refractivity contribution in [2.75, 3.05) is 17.7 Å². The Kier molecular flexibility index (Phi) is 4.94. The Morgan fingerprint density at radius 2 is 2.18 bits per heavy atom. The highest BCUT2D eigenvalue weighted by molar-refractivity contribution is 5.91. The van der Waals surface area contributed by atoms with Crippen molar-refractivity contribution in [3.05, 3.63) is 18.3 Å². The molecule has 1 amide bonds. The maximum Gasteiger partial charge on any atom is 0.227 e. The number of aromatic nitrogens is 1. The number of pyridine rings is 1. The third-order valence-electron chi connectivity index (χ3n) is 2.66. The van der Waals surface area contributed by atoms with Gasteiger partial charge in [-0.1, -0.05) is 20.3 Å². The minimum Gasteiger partial charge on any atom is -0.397 e. The van der Waals surface area contributed by atoms with E-state index in [4.69, 9.17) is 5.73 Å². The fourth-order valence-electron chi connectivity index (χ4n) is 1.55. The van der Waals surface area contributed by atoms with Crippen LogP contribution in [0.25, 0.3) is 0 Å². The summed E-state index contributed by atoms with van der Waals surface area (Å²) in [5, 5.41) is 0. The van der Waals surface area contributed by atoms with Crippen molar-refractivity contribution in [2.45, 2.75) is 33.1 Å². The number of carbonyl (C=O) groups excluding carboxylic acids is 1. The molecule has 0 aliphatic rings. The Morgan fingerprint density at radius 3 is 2.71 bits per heavy atom. The molecule has 0 saturated heterocycles. The lowest BCUT2D eigenvalue weighted by atomic mass is 10.1. The number of amides is 1. The van der Waals surface area contributed by atoms with E-state index in [1.165, 1.54) is 0 Å². The van der Waals surface area contributed by atoms with Crippen LogP contribution in [-0.2, 0) is 4.79 Å². The van der Waals surface area contributed by atoms with Crippen LogP contribution < -0.4 is 10.6 Å². The normalized spacial score (nSPS) is 10.6. The van der Waals surface area contributed by atoms with Crippen molar-refractivity contribution in [3.63, 3.8) is 0 Å². The maximum atomic E-state index is 11.9. The summed E-state index contributed by atoms with van der Waals surface area (Å²) in [4.78, 5) is 17.6. The molecule has 0 bridgehead atoms. The van der Waals surface area contributed by atoms with Gasteiger partial charge in [-0.3, -0.25) is 9.69 Å². The van der Waals surface area contributed by atoms with Crippen molar-refractivity contribution in [2.24, 2.45) is 5.92 Å². The summed E-state index contributed by atoms with van der Waals surface area (Å²) < 4.78 is 0. The van der Waals surface area contributed by atoms with Crippen LogP contribution in [0.15, 0.2) is 18.3 Å². The zero-order chi connectivity index (χ0) is 12.8. The number of anilines is 2. The molecule has 2 N–H and O–H groups in total. The molecule has 94 valence electrons. The number of nitrogen functional groups attached to an aromatic ring is 1. The van der Waals surface area contributed by atoms with Crippen LogP contribution in [0.5, 0.6) is 0 Å². The van der Waals surface area contributed by atoms with Crippen LogP contribution in [0.4, 0.5) is 11.5 Å². The van der Waals surface area contributed by atoms with E-state index in [1.807, 2.05) is 0 Å². The largest absolute Gasteiger partial charge is 0.397 e. The second-order valence-corrected chi connectivity index (χ2v) is 4.69. The number of carbonyl (C=O) groups is 1. The highest BCUT2D eigenvalue weighted by atomic mass is 16.2. The minimum absolute atomic E-state index is 0.0999. The van der Waals surface area contributed by atoms with E-state index in [-0.39, 0.29) is 5.91 Å². The zero-order valence-corrected chi connectivity index (χ0v) is 10.8. The zero-order valence-electron chi connectivity index (χ0n) is 10.8. The number of rotatable bonds is 5. The molecule has 1 aromatic rings.